The van der Waals surface area contributed by atoms with E-state index in [-0.39, 0.29) is 39.9 Å². The van der Waals surface area contributed by atoms with Crippen molar-refractivity contribution in [3.05, 3.63) is 194 Å². The Morgan fingerprint density at radius 2 is 1.11 bits per heavy atom. The number of aromatic nitrogens is 4. The second-order valence-corrected chi connectivity index (χ2v) is 14.2. The Balaban J connectivity index is 1.28. The summed E-state index contributed by atoms with van der Waals surface area (Å²) in [4.78, 5) is 14.9. The van der Waals surface area contributed by atoms with Gasteiger partial charge >= 0.3 is 0 Å². The maximum atomic E-state index is 9.73. The van der Waals surface area contributed by atoms with Crippen molar-refractivity contribution in [2.24, 2.45) is 0 Å². The van der Waals surface area contributed by atoms with E-state index in [0.29, 0.717) is 34.3 Å². The predicted molar refractivity (Wildman–Crippen MR) is 234 cm³/mol. The second-order valence-electron chi connectivity index (χ2n) is 13.1. The van der Waals surface area contributed by atoms with Crippen LogP contribution >= 0.6 is 11.3 Å². The highest BCUT2D eigenvalue weighted by Gasteiger charge is 2.21. The van der Waals surface area contributed by atoms with Crippen LogP contribution in [0.5, 0.6) is 0 Å². The summed E-state index contributed by atoms with van der Waals surface area (Å²) >= 11 is 1.60. The van der Waals surface area contributed by atoms with Gasteiger partial charge in [-0.3, -0.25) is 0 Å². The van der Waals surface area contributed by atoms with Crippen molar-refractivity contribution in [1.82, 2.24) is 19.5 Å². The number of fused-ring (bicyclic) bond motifs is 6. The average molecular weight is 744 g/mol. The third kappa shape index (κ3) is 5.40. The maximum Gasteiger partial charge on any atom is 0.164 e. The van der Waals surface area contributed by atoms with Gasteiger partial charge in [-0.15, -0.1) is 11.3 Å². The molecule has 0 amide bonds. The van der Waals surface area contributed by atoms with Gasteiger partial charge in [0.05, 0.1) is 31.8 Å². The zero-order valence-electron chi connectivity index (χ0n) is 40.3. The van der Waals surface area contributed by atoms with E-state index in [4.69, 9.17) is 23.2 Å². The van der Waals surface area contributed by atoms with Crippen molar-refractivity contribution in [3.63, 3.8) is 0 Å². The SMILES string of the molecule is [2H]c1cc([2H])c2c(c1[2H])c1c([2H])c(-c3c([2H])c([2H])c([2H])c([2H])c3[2H])c([2H])c([2H])c1n2-c1ccc(-c2nc(-c3ccccc3)nc(-c3ccccc3)n2)cc1-c1cccc2c1sc1ccccc12. The van der Waals surface area contributed by atoms with Gasteiger partial charge in [0.15, 0.2) is 17.5 Å². The molecule has 262 valence electrons. The molecule has 0 unspecified atom stereocenters. The molecule has 0 fully saturated rings. The topological polar surface area (TPSA) is 43.6 Å². The summed E-state index contributed by atoms with van der Waals surface area (Å²) < 4.78 is 102. The van der Waals surface area contributed by atoms with Gasteiger partial charge in [0, 0.05) is 58.8 Å². The lowest BCUT2D eigenvalue weighted by molar-refractivity contribution is 1.07. The van der Waals surface area contributed by atoms with E-state index >= 15 is 0 Å². The van der Waals surface area contributed by atoms with E-state index in [9.17, 15) is 6.85 Å². The highest BCUT2D eigenvalue weighted by atomic mass is 32.1. The highest BCUT2D eigenvalue weighted by Crippen LogP contribution is 2.44. The Morgan fingerprint density at radius 3 is 1.88 bits per heavy atom. The summed E-state index contributed by atoms with van der Waals surface area (Å²) in [7, 11) is 0. The van der Waals surface area contributed by atoms with Gasteiger partial charge in [0.2, 0.25) is 0 Å². The fourth-order valence-corrected chi connectivity index (χ4v) is 8.52. The number of benzene rings is 8. The van der Waals surface area contributed by atoms with Crippen LogP contribution in [-0.4, -0.2) is 19.5 Å². The molecule has 3 aromatic heterocycles. The standard InChI is InChI=1S/C51H32N4S/c1-4-15-33(16-5-1)36-27-29-45-42(31-36)38-21-10-12-25-44(38)55(45)46-30-28-37(32-43(46)41-24-14-23-40-39-22-11-13-26-47(39)56-48(40)41)51-53-49(34-17-6-2-7-18-34)52-50(54-51)35-19-8-3-9-20-35/h1-32H/i1D,4D,5D,10D,15D,16D,21D,25D,27D,29D,31D. The van der Waals surface area contributed by atoms with Crippen molar-refractivity contribution < 1.29 is 15.1 Å². The quantitative estimate of drug-likeness (QED) is 0.170. The zero-order chi connectivity index (χ0) is 46.6. The molecule has 0 spiro atoms. The van der Waals surface area contributed by atoms with Gasteiger partial charge in [-0.25, -0.2) is 15.0 Å². The molecule has 11 rings (SSSR count). The molecule has 0 N–H and O–H groups in total. The first-order valence-electron chi connectivity index (χ1n) is 23.4. The summed E-state index contributed by atoms with van der Waals surface area (Å²) in [6, 6.07) is 34.4. The molecule has 0 aliphatic carbocycles. The van der Waals surface area contributed by atoms with Crippen LogP contribution in [0.2, 0.25) is 0 Å². The zero-order valence-corrected chi connectivity index (χ0v) is 30.1. The molecule has 0 radical (unpaired) electrons. The van der Waals surface area contributed by atoms with Crippen LogP contribution in [0, 0.1) is 0 Å². The number of hydrogen-bond acceptors (Lipinski definition) is 4. The van der Waals surface area contributed by atoms with Crippen LogP contribution in [0.1, 0.15) is 15.1 Å². The molecule has 4 nitrogen and oxygen atoms in total. The van der Waals surface area contributed by atoms with Crippen LogP contribution < -0.4 is 0 Å². The summed E-state index contributed by atoms with van der Waals surface area (Å²) in [5.74, 6) is 1.28. The van der Waals surface area contributed by atoms with Crippen molar-refractivity contribution in [1.29, 1.82) is 0 Å². The average Bonchev–Trinajstić information content (AvgIpc) is 3.93. The first-order valence-corrected chi connectivity index (χ1v) is 18.7. The van der Waals surface area contributed by atoms with E-state index in [1.807, 2.05) is 97.1 Å². The molecule has 0 saturated heterocycles. The molecule has 0 bridgehead atoms. The smallest absolute Gasteiger partial charge is 0.164 e. The molecule has 3 heterocycles. The van der Waals surface area contributed by atoms with Crippen LogP contribution in [0.4, 0.5) is 0 Å². The number of para-hydroxylation sites is 1. The van der Waals surface area contributed by atoms with E-state index in [1.54, 1.807) is 22.0 Å². The van der Waals surface area contributed by atoms with Crippen molar-refractivity contribution in [2.45, 2.75) is 0 Å². The minimum atomic E-state index is -0.669. The normalized spacial score (nSPS) is 14.3. The summed E-state index contributed by atoms with van der Waals surface area (Å²) in [6.07, 6.45) is 0. The molecule has 56 heavy (non-hydrogen) atoms. The molecule has 0 saturated carbocycles. The second kappa shape index (κ2) is 13.3. The summed E-state index contributed by atoms with van der Waals surface area (Å²) in [6.45, 7) is 0. The molecule has 0 atom stereocenters. The molecule has 5 heteroatoms. The van der Waals surface area contributed by atoms with E-state index in [0.717, 1.165) is 36.9 Å². The highest BCUT2D eigenvalue weighted by molar-refractivity contribution is 7.26. The van der Waals surface area contributed by atoms with Crippen LogP contribution in [0.25, 0.3) is 104 Å². The largest absolute Gasteiger partial charge is 0.309 e. The van der Waals surface area contributed by atoms with E-state index < -0.39 is 59.5 Å². The Hall–Kier alpha value is -7.21. The maximum absolute atomic E-state index is 9.73. The number of thiophene rings is 1. The monoisotopic (exact) mass is 743 g/mol. The fraction of sp³-hybridized carbons (Fsp3) is 0. The summed E-state index contributed by atoms with van der Waals surface area (Å²) in [5, 5.41) is 1.96. The first-order chi connectivity index (χ1) is 32.3. The Bertz CT molecular complexity index is 3810. The lowest BCUT2D eigenvalue weighted by Gasteiger charge is -2.17. The van der Waals surface area contributed by atoms with Gasteiger partial charge in [0.1, 0.15) is 0 Å². The molecule has 0 aliphatic rings. The van der Waals surface area contributed by atoms with Gasteiger partial charge in [0.25, 0.3) is 0 Å². The minimum absolute atomic E-state index is 0.0211. The van der Waals surface area contributed by atoms with Crippen molar-refractivity contribution in [3.8, 4) is 62.1 Å². The summed E-state index contributed by atoms with van der Waals surface area (Å²) in [5.41, 5.74) is 3.22. The molecular formula is C51H32N4S. The van der Waals surface area contributed by atoms with Crippen LogP contribution in [-0.2, 0) is 0 Å². The lowest BCUT2D eigenvalue weighted by Crippen LogP contribution is -2.02. The first kappa shape index (κ1) is 22.9. The van der Waals surface area contributed by atoms with Gasteiger partial charge in [-0.1, -0.05) is 151 Å². The van der Waals surface area contributed by atoms with Crippen molar-refractivity contribution >= 4 is 53.3 Å². The third-order valence-corrected chi connectivity index (χ3v) is 11.1. The molecular weight excluding hydrogens is 701 g/mol. The van der Waals surface area contributed by atoms with Gasteiger partial charge < -0.3 is 4.57 Å². The van der Waals surface area contributed by atoms with Crippen LogP contribution in [0.15, 0.2) is 194 Å². The predicted octanol–water partition coefficient (Wildman–Crippen LogP) is 13.7. The molecule has 0 aliphatic heterocycles. The van der Waals surface area contributed by atoms with E-state index in [2.05, 4.69) is 18.2 Å². The Labute approximate surface area is 343 Å². The number of hydrogen-bond donors (Lipinski definition) is 0. The Kier molecular flexibility index (Phi) is 5.42. The number of nitrogens with zero attached hydrogens (tertiary/aromatic N) is 4. The minimum Gasteiger partial charge on any atom is -0.309 e. The van der Waals surface area contributed by atoms with Crippen molar-refractivity contribution in [2.75, 3.05) is 0 Å². The lowest BCUT2D eigenvalue weighted by atomic mass is 9.98. The van der Waals surface area contributed by atoms with Crippen LogP contribution in [0.3, 0.4) is 0 Å². The third-order valence-electron chi connectivity index (χ3n) is 9.84. The van der Waals surface area contributed by atoms with E-state index in [1.165, 1.54) is 6.07 Å². The number of rotatable bonds is 6. The van der Waals surface area contributed by atoms with Gasteiger partial charge in [-0.05, 0) is 53.5 Å². The fourth-order valence-electron chi connectivity index (χ4n) is 7.29. The Morgan fingerprint density at radius 1 is 0.429 bits per heavy atom. The molecule has 11 aromatic rings. The van der Waals surface area contributed by atoms with Gasteiger partial charge in [-0.2, -0.15) is 0 Å². The molecule has 8 aromatic carbocycles.